The molecule has 0 aromatic heterocycles. The van der Waals surface area contributed by atoms with Gasteiger partial charge in [-0.25, -0.2) is 4.39 Å². The molecule has 1 aromatic rings. The van der Waals surface area contributed by atoms with E-state index in [0.717, 1.165) is 12.0 Å². The van der Waals surface area contributed by atoms with Gasteiger partial charge in [0.15, 0.2) is 0 Å². The van der Waals surface area contributed by atoms with Gasteiger partial charge in [-0.2, -0.15) is 0 Å². The number of nitrogens with one attached hydrogen (secondary N) is 1. The van der Waals surface area contributed by atoms with E-state index >= 15 is 0 Å². The second-order valence-electron chi connectivity index (χ2n) is 5.56. The van der Waals surface area contributed by atoms with Gasteiger partial charge in [0.2, 0.25) is 5.91 Å². The molecule has 1 aliphatic heterocycles. The van der Waals surface area contributed by atoms with E-state index in [-0.39, 0.29) is 30.2 Å². The van der Waals surface area contributed by atoms with E-state index < -0.39 is 6.10 Å². The first kappa shape index (κ1) is 18.9. The molecule has 2 N–H and O–H groups in total. The Balaban J connectivity index is 0.00000242. The minimum absolute atomic E-state index is 0. The first-order valence-electron chi connectivity index (χ1n) is 7.55. The summed E-state index contributed by atoms with van der Waals surface area (Å²) >= 11 is 0. The van der Waals surface area contributed by atoms with Crippen molar-refractivity contribution in [3.63, 3.8) is 0 Å². The van der Waals surface area contributed by atoms with Crippen LogP contribution in [0.1, 0.15) is 25.3 Å². The van der Waals surface area contributed by atoms with Crippen LogP contribution in [0.4, 0.5) is 4.39 Å². The van der Waals surface area contributed by atoms with Crippen LogP contribution in [0, 0.1) is 5.82 Å². The minimum atomic E-state index is -0.439. The van der Waals surface area contributed by atoms with Gasteiger partial charge in [-0.05, 0) is 37.0 Å². The van der Waals surface area contributed by atoms with Gasteiger partial charge in [0.1, 0.15) is 5.82 Å². The second-order valence-corrected chi connectivity index (χ2v) is 5.56. The highest BCUT2D eigenvalue weighted by Gasteiger charge is 2.30. The molecule has 22 heavy (non-hydrogen) atoms. The second kappa shape index (κ2) is 9.08. The van der Waals surface area contributed by atoms with E-state index in [1.54, 1.807) is 11.0 Å². The Kier molecular flexibility index (Phi) is 7.79. The van der Waals surface area contributed by atoms with Crippen molar-refractivity contribution >= 4 is 18.3 Å². The number of nitrogens with zero attached hydrogens (tertiary/aromatic N) is 1. The molecular weight excluding hydrogens is 307 g/mol. The van der Waals surface area contributed by atoms with Crippen LogP contribution in [0.3, 0.4) is 0 Å². The molecule has 2 rings (SSSR count). The van der Waals surface area contributed by atoms with E-state index in [2.05, 4.69) is 5.32 Å². The summed E-state index contributed by atoms with van der Waals surface area (Å²) in [5.74, 6) is -0.216. The number of rotatable bonds is 6. The lowest BCUT2D eigenvalue weighted by Gasteiger charge is -2.25. The fraction of sp³-hybridized carbons (Fsp3) is 0.562. The summed E-state index contributed by atoms with van der Waals surface area (Å²) in [4.78, 5) is 14.3. The molecule has 0 bridgehead atoms. The molecule has 124 valence electrons. The van der Waals surface area contributed by atoms with Gasteiger partial charge >= 0.3 is 0 Å². The monoisotopic (exact) mass is 330 g/mol. The van der Waals surface area contributed by atoms with Crippen molar-refractivity contribution in [1.29, 1.82) is 0 Å². The van der Waals surface area contributed by atoms with E-state index in [1.807, 2.05) is 13.0 Å². The number of hydrogen-bond acceptors (Lipinski definition) is 3. The van der Waals surface area contributed by atoms with Gasteiger partial charge in [-0.15, -0.1) is 12.4 Å². The molecule has 1 amide bonds. The summed E-state index contributed by atoms with van der Waals surface area (Å²) in [5.41, 5.74) is 0.892. The first-order valence-corrected chi connectivity index (χ1v) is 7.55. The average molecular weight is 331 g/mol. The molecule has 4 nitrogen and oxygen atoms in total. The molecule has 6 heteroatoms. The third kappa shape index (κ3) is 5.23. The van der Waals surface area contributed by atoms with Gasteiger partial charge < -0.3 is 15.3 Å². The van der Waals surface area contributed by atoms with Crippen LogP contribution in [0.2, 0.25) is 0 Å². The first-order chi connectivity index (χ1) is 10.1. The number of aliphatic hydroxyl groups excluding tert-OH is 1. The summed E-state index contributed by atoms with van der Waals surface area (Å²) in [6.45, 7) is 3.76. The van der Waals surface area contributed by atoms with Crippen LogP contribution in [0.15, 0.2) is 24.3 Å². The molecule has 2 atom stereocenters. The van der Waals surface area contributed by atoms with Crippen molar-refractivity contribution < 1.29 is 14.3 Å². The van der Waals surface area contributed by atoms with Gasteiger partial charge in [0, 0.05) is 19.6 Å². The van der Waals surface area contributed by atoms with Gasteiger partial charge in [0.05, 0.1) is 12.1 Å². The number of carbonyl (C=O) groups is 1. The predicted octanol–water partition coefficient (Wildman–Crippen LogP) is 1.75. The maximum atomic E-state index is 13.2. The van der Waals surface area contributed by atoms with Crippen molar-refractivity contribution in [3.8, 4) is 0 Å². The molecule has 1 aliphatic rings. The van der Waals surface area contributed by atoms with E-state index in [1.165, 1.54) is 12.1 Å². The van der Waals surface area contributed by atoms with Crippen molar-refractivity contribution in [2.45, 2.75) is 38.3 Å². The molecular formula is C16H24ClFN2O2. The Morgan fingerprint density at radius 3 is 2.82 bits per heavy atom. The zero-order valence-corrected chi connectivity index (χ0v) is 13.6. The topological polar surface area (TPSA) is 52.6 Å². The fourth-order valence-electron chi connectivity index (χ4n) is 2.68. The predicted molar refractivity (Wildman–Crippen MR) is 86.6 cm³/mol. The van der Waals surface area contributed by atoms with Gasteiger partial charge in [-0.1, -0.05) is 19.1 Å². The third-order valence-electron chi connectivity index (χ3n) is 3.77. The smallest absolute Gasteiger partial charge is 0.239 e. The zero-order valence-electron chi connectivity index (χ0n) is 12.8. The van der Waals surface area contributed by atoms with Crippen molar-refractivity contribution in [2.75, 3.05) is 19.6 Å². The van der Waals surface area contributed by atoms with Gasteiger partial charge in [0.25, 0.3) is 0 Å². The van der Waals surface area contributed by atoms with E-state index in [9.17, 15) is 14.3 Å². The largest absolute Gasteiger partial charge is 0.392 e. The summed E-state index contributed by atoms with van der Waals surface area (Å²) in [5, 5.41) is 12.6. The number of β-amino-alcohol motifs (C(OH)–C–C–N with tert-alkyl or cyclic N) is 1. The zero-order chi connectivity index (χ0) is 15.2. The summed E-state index contributed by atoms with van der Waals surface area (Å²) in [6, 6.07) is 6.19. The minimum Gasteiger partial charge on any atom is -0.392 e. The average Bonchev–Trinajstić information content (AvgIpc) is 2.89. The molecule has 0 radical (unpaired) electrons. The van der Waals surface area contributed by atoms with Crippen LogP contribution in [-0.2, 0) is 11.2 Å². The Hall–Kier alpha value is -1.17. The lowest BCUT2D eigenvalue weighted by Crippen LogP contribution is -2.44. The van der Waals surface area contributed by atoms with Crippen LogP contribution < -0.4 is 5.32 Å². The standard InChI is InChI=1S/C16H23FN2O2.ClH/c1-2-7-19(16(21)15-10-14(20)11-18-15)8-6-12-4-3-5-13(17)9-12;/h3-5,9,14-15,18,20H,2,6-8,10-11H2,1H3;1H. The Bertz CT molecular complexity index is 487. The molecule has 1 aromatic carbocycles. The lowest BCUT2D eigenvalue weighted by atomic mass is 10.1. The summed E-state index contributed by atoms with van der Waals surface area (Å²) in [7, 11) is 0. The number of benzene rings is 1. The Labute approximate surface area is 137 Å². The molecule has 2 unspecified atom stereocenters. The Morgan fingerprint density at radius 2 is 2.23 bits per heavy atom. The number of hydrogen-bond donors (Lipinski definition) is 2. The van der Waals surface area contributed by atoms with Crippen molar-refractivity contribution in [3.05, 3.63) is 35.6 Å². The van der Waals surface area contributed by atoms with Gasteiger partial charge in [-0.3, -0.25) is 4.79 Å². The van der Waals surface area contributed by atoms with Crippen molar-refractivity contribution in [2.24, 2.45) is 0 Å². The molecule has 0 spiro atoms. The van der Waals surface area contributed by atoms with Crippen LogP contribution >= 0.6 is 12.4 Å². The third-order valence-corrected chi connectivity index (χ3v) is 3.77. The highest BCUT2D eigenvalue weighted by atomic mass is 35.5. The van der Waals surface area contributed by atoms with Crippen LogP contribution in [0.25, 0.3) is 0 Å². The van der Waals surface area contributed by atoms with Crippen LogP contribution in [-0.4, -0.2) is 47.7 Å². The number of halogens is 2. The highest BCUT2D eigenvalue weighted by Crippen LogP contribution is 2.12. The maximum Gasteiger partial charge on any atom is 0.239 e. The van der Waals surface area contributed by atoms with E-state index in [4.69, 9.17) is 0 Å². The van der Waals surface area contributed by atoms with Crippen LogP contribution in [0.5, 0.6) is 0 Å². The summed E-state index contributed by atoms with van der Waals surface area (Å²) in [6.07, 6.45) is 1.55. The number of amides is 1. The number of aliphatic hydroxyl groups is 1. The number of carbonyl (C=O) groups excluding carboxylic acids is 1. The summed E-state index contributed by atoms with van der Waals surface area (Å²) < 4.78 is 13.2. The highest BCUT2D eigenvalue weighted by molar-refractivity contribution is 5.85. The maximum absolute atomic E-state index is 13.2. The molecule has 0 aliphatic carbocycles. The molecule has 0 saturated carbocycles. The fourth-order valence-corrected chi connectivity index (χ4v) is 2.68. The molecule has 1 saturated heterocycles. The quantitative estimate of drug-likeness (QED) is 0.835. The lowest BCUT2D eigenvalue weighted by molar-refractivity contribution is -0.133. The molecule has 1 heterocycles. The van der Waals surface area contributed by atoms with E-state index in [0.29, 0.717) is 32.5 Å². The molecule has 1 fully saturated rings. The van der Waals surface area contributed by atoms with Crippen molar-refractivity contribution in [1.82, 2.24) is 10.2 Å². The Morgan fingerprint density at radius 1 is 1.45 bits per heavy atom. The normalized spacial score (nSPS) is 20.5. The SMILES string of the molecule is CCCN(CCc1cccc(F)c1)C(=O)C1CC(O)CN1.Cl.